The second kappa shape index (κ2) is 11.0. The van der Waals surface area contributed by atoms with Gasteiger partial charge in [0.15, 0.2) is 0 Å². The van der Waals surface area contributed by atoms with Crippen LogP contribution in [0.3, 0.4) is 0 Å². The van der Waals surface area contributed by atoms with Gasteiger partial charge >= 0.3 is 5.97 Å². The molecular weight excluding hydrogens is 450 g/mol. The number of rotatable bonds is 9. The van der Waals surface area contributed by atoms with E-state index >= 15 is 0 Å². The van der Waals surface area contributed by atoms with Crippen LogP contribution < -0.4 is 10.6 Å². The van der Waals surface area contributed by atoms with Crippen molar-refractivity contribution in [1.29, 1.82) is 0 Å². The van der Waals surface area contributed by atoms with Gasteiger partial charge in [0.05, 0.1) is 23.2 Å². The van der Waals surface area contributed by atoms with E-state index in [1.54, 1.807) is 7.11 Å². The van der Waals surface area contributed by atoms with E-state index in [4.69, 9.17) is 4.74 Å². The smallest absolute Gasteiger partial charge is 0.338 e. The lowest BCUT2D eigenvalue weighted by Crippen LogP contribution is -2.27. The summed E-state index contributed by atoms with van der Waals surface area (Å²) in [7, 11) is 2.73. The summed E-state index contributed by atoms with van der Waals surface area (Å²) in [5.41, 5.74) is 0.754. The highest BCUT2D eigenvalue weighted by Crippen LogP contribution is 2.38. The maximum Gasteiger partial charge on any atom is 0.338 e. The quantitative estimate of drug-likeness (QED) is 0.246. The number of esters is 1. The van der Waals surface area contributed by atoms with E-state index in [0.29, 0.717) is 30.1 Å². The number of amides is 2. The largest absolute Gasteiger partial charge is 0.465 e. The van der Waals surface area contributed by atoms with Crippen molar-refractivity contribution in [2.24, 2.45) is 0 Å². The topological polar surface area (TPSA) is 137 Å². The second-order valence-corrected chi connectivity index (χ2v) is 8.59. The molecule has 1 aromatic carbocycles. The Labute approximate surface area is 194 Å². The first-order valence-corrected chi connectivity index (χ1v) is 11.3. The van der Waals surface area contributed by atoms with Crippen LogP contribution in [0.15, 0.2) is 18.2 Å². The third kappa shape index (κ3) is 5.74. The monoisotopic (exact) mass is 475 g/mol. The lowest BCUT2D eigenvalue weighted by atomic mass is 9.95. The Hall–Kier alpha value is -3.31. The number of hydrogen-bond acceptors (Lipinski definition) is 8. The molecule has 0 fully saturated rings. The normalized spacial score (nSPS) is 12.5. The number of nitro groups is 1. The average molecular weight is 476 g/mol. The number of aryl methyl sites for hydroxylation is 1. The Kier molecular flexibility index (Phi) is 8.12. The summed E-state index contributed by atoms with van der Waals surface area (Å²) >= 11 is 1.34. The number of nitrogens with zero attached hydrogens (tertiary/aromatic N) is 1. The number of thiophene rings is 1. The van der Waals surface area contributed by atoms with Gasteiger partial charge in [-0.1, -0.05) is 0 Å². The number of anilines is 1. The molecule has 2 aromatic rings. The van der Waals surface area contributed by atoms with Crippen LogP contribution in [0.5, 0.6) is 0 Å². The van der Waals surface area contributed by atoms with Crippen molar-refractivity contribution in [2.75, 3.05) is 32.7 Å². The number of benzene rings is 1. The average Bonchev–Trinajstić information content (AvgIpc) is 3.18. The molecule has 1 aliphatic rings. The molecule has 11 heteroatoms. The SMILES string of the molecule is COCCCNC(=O)c1c(NC(=O)c2cc(C(=O)OC)cc([N+](=O)[O-])c2)sc2c1CCCC2. The van der Waals surface area contributed by atoms with E-state index < -0.39 is 22.5 Å². The molecule has 0 spiro atoms. The summed E-state index contributed by atoms with van der Waals surface area (Å²) in [6, 6.07) is 3.36. The van der Waals surface area contributed by atoms with Crippen LogP contribution in [0.25, 0.3) is 0 Å². The van der Waals surface area contributed by atoms with Gasteiger partial charge in [-0.2, -0.15) is 0 Å². The summed E-state index contributed by atoms with van der Waals surface area (Å²) in [4.78, 5) is 49.5. The zero-order valence-electron chi connectivity index (χ0n) is 18.4. The third-order valence-electron chi connectivity index (χ3n) is 5.25. The maximum absolute atomic E-state index is 13.0. The Balaban J connectivity index is 1.91. The number of nitrogens with one attached hydrogen (secondary N) is 2. The van der Waals surface area contributed by atoms with Crippen LogP contribution in [0, 0.1) is 10.1 Å². The minimum Gasteiger partial charge on any atom is -0.465 e. The van der Waals surface area contributed by atoms with Gasteiger partial charge in [0.1, 0.15) is 5.00 Å². The summed E-state index contributed by atoms with van der Waals surface area (Å²) in [5.74, 6) is -1.73. The molecule has 1 heterocycles. The standard InChI is InChI=1S/C22H25N3O7S/c1-31-9-5-8-23-20(27)18-16-6-3-4-7-17(16)33-21(18)24-19(26)13-10-14(22(28)32-2)12-15(11-13)25(29)30/h10-12H,3-9H2,1-2H3,(H,23,27)(H,24,26). The molecule has 1 aliphatic carbocycles. The predicted molar refractivity (Wildman–Crippen MR) is 122 cm³/mol. The first kappa shape index (κ1) is 24.3. The Morgan fingerprint density at radius 3 is 2.52 bits per heavy atom. The van der Waals surface area contributed by atoms with Gasteiger partial charge in [-0.05, 0) is 43.7 Å². The van der Waals surface area contributed by atoms with Gasteiger partial charge in [0.25, 0.3) is 17.5 Å². The highest BCUT2D eigenvalue weighted by Gasteiger charge is 2.27. The number of fused-ring (bicyclic) bond motifs is 1. The van der Waals surface area contributed by atoms with Crippen LogP contribution in [0.1, 0.15) is 60.8 Å². The molecule has 2 amide bonds. The molecular formula is C22H25N3O7S. The summed E-state index contributed by atoms with van der Waals surface area (Å²) < 4.78 is 9.64. The van der Waals surface area contributed by atoms with Gasteiger partial charge in [-0.25, -0.2) is 4.79 Å². The number of carbonyl (C=O) groups is 3. The molecule has 3 rings (SSSR count). The van der Waals surface area contributed by atoms with Crippen LogP contribution in [-0.2, 0) is 22.3 Å². The Bertz CT molecular complexity index is 1080. The van der Waals surface area contributed by atoms with E-state index in [1.807, 2.05) is 0 Å². The Morgan fingerprint density at radius 1 is 1.09 bits per heavy atom. The van der Waals surface area contributed by atoms with E-state index in [9.17, 15) is 24.5 Å². The van der Waals surface area contributed by atoms with Crippen molar-refractivity contribution in [3.63, 3.8) is 0 Å². The number of hydrogen-bond donors (Lipinski definition) is 2. The van der Waals surface area contributed by atoms with E-state index in [0.717, 1.165) is 55.4 Å². The molecule has 1 aromatic heterocycles. The van der Waals surface area contributed by atoms with Gasteiger partial charge in [-0.15, -0.1) is 11.3 Å². The first-order chi connectivity index (χ1) is 15.8. The Morgan fingerprint density at radius 2 is 1.82 bits per heavy atom. The predicted octanol–water partition coefficient (Wildman–Crippen LogP) is 3.34. The molecule has 33 heavy (non-hydrogen) atoms. The highest BCUT2D eigenvalue weighted by molar-refractivity contribution is 7.17. The fraction of sp³-hybridized carbons (Fsp3) is 0.409. The van der Waals surface area contributed by atoms with Crippen molar-refractivity contribution in [1.82, 2.24) is 5.32 Å². The van der Waals surface area contributed by atoms with Gasteiger partial charge in [-0.3, -0.25) is 19.7 Å². The van der Waals surface area contributed by atoms with Gasteiger partial charge < -0.3 is 20.1 Å². The summed E-state index contributed by atoms with van der Waals surface area (Å²) in [5, 5.41) is 17.3. The third-order valence-corrected chi connectivity index (χ3v) is 6.46. The van der Waals surface area contributed by atoms with E-state index in [-0.39, 0.29) is 17.0 Å². The molecule has 0 saturated heterocycles. The van der Waals surface area contributed by atoms with Crippen molar-refractivity contribution < 1.29 is 28.8 Å². The van der Waals surface area contributed by atoms with Gasteiger partial charge in [0, 0.05) is 42.8 Å². The lowest BCUT2D eigenvalue weighted by molar-refractivity contribution is -0.384. The highest BCUT2D eigenvalue weighted by atomic mass is 32.1. The molecule has 0 saturated carbocycles. The number of methoxy groups -OCH3 is 2. The van der Waals surface area contributed by atoms with Crippen molar-refractivity contribution in [2.45, 2.75) is 32.1 Å². The number of carbonyl (C=O) groups excluding carboxylic acids is 3. The van der Waals surface area contributed by atoms with Crippen molar-refractivity contribution in [3.8, 4) is 0 Å². The first-order valence-electron chi connectivity index (χ1n) is 10.5. The van der Waals surface area contributed by atoms with Crippen molar-refractivity contribution in [3.05, 3.63) is 55.4 Å². The molecule has 176 valence electrons. The number of ether oxygens (including phenoxy) is 2. The van der Waals surface area contributed by atoms with E-state index in [1.165, 1.54) is 17.4 Å². The van der Waals surface area contributed by atoms with Crippen LogP contribution in [-0.4, -0.2) is 50.1 Å². The molecule has 0 atom stereocenters. The molecule has 0 aliphatic heterocycles. The minimum absolute atomic E-state index is 0.0811. The van der Waals surface area contributed by atoms with Crippen LogP contribution in [0.2, 0.25) is 0 Å². The molecule has 2 N–H and O–H groups in total. The van der Waals surface area contributed by atoms with Crippen molar-refractivity contribution >= 4 is 39.8 Å². The fourth-order valence-corrected chi connectivity index (χ4v) is 4.94. The zero-order valence-corrected chi connectivity index (χ0v) is 19.2. The molecule has 0 unspecified atom stereocenters. The molecule has 0 bridgehead atoms. The minimum atomic E-state index is -0.796. The zero-order chi connectivity index (χ0) is 24.0. The maximum atomic E-state index is 13.0. The fourth-order valence-electron chi connectivity index (χ4n) is 3.66. The number of non-ortho nitro benzene ring substituents is 1. The van der Waals surface area contributed by atoms with Crippen LogP contribution >= 0.6 is 11.3 Å². The number of nitro benzene ring substituents is 1. The van der Waals surface area contributed by atoms with Gasteiger partial charge in [0.2, 0.25) is 0 Å². The second-order valence-electron chi connectivity index (χ2n) is 7.49. The van der Waals surface area contributed by atoms with E-state index in [2.05, 4.69) is 15.4 Å². The molecule has 0 radical (unpaired) electrons. The molecule has 10 nitrogen and oxygen atoms in total. The summed E-state index contributed by atoms with van der Waals surface area (Å²) in [6.07, 6.45) is 4.17. The summed E-state index contributed by atoms with van der Waals surface area (Å²) in [6.45, 7) is 0.943. The lowest BCUT2D eigenvalue weighted by Gasteiger charge is -2.13. The van der Waals surface area contributed by atoms with Crippen LogP contribution in [0.4, 0.5) is 10.7 Å².